The second kappa shape index (κ2) is 10.2. The average molecular weight is 476 g/mol. The van der Waals surface area contributed by atoms with Crippen molar-refractivity contribution >= 4 is 48.5 Å². The van der Waals surface area contributed by atoms with E-state index in [1.54, 1.807) is 39.0 Å². The van der Waals surface area contributed by atoms with E-state index in [0.29, 0.717) is 41.5 Å². The Morgan fingerprint density at radius 2 is 1.69 bits per heavy atom. The number of carbonyl (C=O) groups excluding carboxylic acids is 2. The number of carbonyl (C=O) groups is 2. The highest BCUT2D eigenvalue weighted by Gasteiger charge is 2.21. The van der Waals surface area contributed by atoms with Gasteiger partial charge in [-0.1, -0.05) is 25.2 Å². The Balaban J connectivity index is 1.67. The Morgan fingerprint density at radius 1 is 1.03 bits per heavy atom. The molecule has 2 aromatic carbocycles. The normalized spacial score (nSPS) is 11.6. The first kappa shape index (κ1) is 23.8. The molecule has 0 aliphatic heterocycles. The van der Waals surface area contributed by atoms with Crippen LogP contribution in [-0.4, -0.2) is 55.7 Å². The van der Waals surface area contributed by atoms with Crippen molar-refractivity contribution in [2.45, 2.75) is 25.7 Å². The summed E-state index contributed by atoms with van der Waals surface area (Å²) in [7, 11) is -3.56. The molecular weight excluding hydrogens is 450 g/mol. The summed E-state index contributed by atoms with van der Waals surface area (Å²) in [5, 5.41) is 3.55. The number of hydrogen-bond acceptors (Lipinski definition) is 8. The predicted molar refractivity (Wildman–Crippen MR) is 125 cm³/mol. The lowest BCUT2D eigenvalue weighted by molar-refractivity contribution is 0.0526. The second-order valence-corrected chi connectivity index (χ2v) is 9.78. The fourth-order valence-corrected chi connectivity index (χ4v) is 5.48. The highest BCUT2D eigenvalue weighted by Crippen LogP contribution is 2.27. The van der Waals surface area contributed by atoms with E-state index in [1.807, 2.05) is 0 Å². The molecule has 1 N–H and O–H groups in total. The van der Waals surface area contributed by atoms with Crippen molar-refractivity contribution in [3.8, 4) is 0 Å². The van der Waals surface area contributed by atoms with E-state index >= 15 is 0 Å². The molecule has 10 heteroatoms. The molecule has 8 nitrogen and oxygen atoms in total. The van der Waals surface area contributed by atoms with Crippen molar-refractivity contribution in [2.75, 3.05) is 31.6 Å². The highest BCUT2D eigenvalue weighted by atomic mass is 32.2. The van der Waals surface area contributed by atoms with E-state index in [2.05, 4.69) is 10.3 Å². The number of thiazole rings is 1. The van der Waals surface area contributed by atoms with E-state index in [-0.39, 0.29) is 23.2 Å². The van der Waals surface area contributed by atoms with E-state index in [0.717, 1.165) is 4.70 Å². The van der Waals surface area contributed by atoms with E-state index in [4.69, 9.17) is 4.74 Å². The smallest absolute Gasteiger partial charge is 0.338 e. The van der Waals surface area contributed by atoms with Gasteiger partial charge in [-0.2, -0.15) is 4.31 Å². The summed E-state index contributed by atoms with van der Waals surface area (Å²) in [6, 6.07) is 11.1. The van der Waals surface area contributed by atoms with Crippen LogP contribution in [0.25, 0.3) is 10.2 Å². The Kier molecular flexibility index (Phi) is 7.60. The molecule has 3 aromatic rings. The molecule has 0 saturated carbocycles. The molecule has 0 radical (unpaired) electrons. The zero-order valence-corrected chi connectivity index (χ0v) is 19.8. The van der Waals surface area contributed by atoms with Gasteiger partial charge in [0.15, 0.2) is 10.9 Å². The summed E-state index contributed by atoms with van der Waals surface area (Å²) in [6.45, 7) is 6.39. The van der Waals surface area contributed by atoms with Crippen LogP contribution >= 0.6 is 11.3 Å². The van der Waals surface area contributed by atoms with E-state index < -0.39 is 10.0 Å². The molecule has 0 spiro atoms. The SMILES string of the molecule is CCOC(=O)c1ccc2nc(NCC(=O)c3ccc(S(=O)(=O)N(CC)CC)cc3)sc2c1. The fraction of sp³-hybridized carbons (Fsp3) is 0.318. The number of sulfonamides is 1. The monoisotopic (exact) mass is 475 g/mol. The summed E-state index contributed by atoms with van der Waals surface area (Å²) in [5.74, 6) is -0.581. The van der Waals surface area contributed by atoms with Crippen LogP contribution in [0.5, 0.6) is 0 Å². The van der Waals surface area contributed by atoms with Crippen molar-refractivity contribution in [3.63, 3.8) is 0 Å². The quantitative estimate of drug-likeness (QED) is 0.351. The molecular formula is C22H25N3O5S2. The molecule has 0 atom stereocenters. The van der Waals surface area contributed by atoms with Crippen molar-refractivity contribution in [3.05, 3.63) is 53.6 Å². The third-order valence-corrected chi connectivity index (χ3v) is 7.86. The van der Waals surface area contributed by atoms with Crippen LogP contribution in [-0.2, 0) is 14.8 Å². The van der Waals surface area contributed by atoms with Gasteiger partial charge in [0, 0.05) is 18.7 Å². The summed E-state index contributed by atoms with van der Waals surface area (Å²) >= 11 is 1.33. The van der Waals surface area contributed by atoms with Crippen molar-refractivity contribution in [2.24, 2.45) is 0 Å². The van der Waals surface area contributed by atoms with E-state index in [9.17, 15) is 18.0 Å². The predicted octanol–water partition coefficient (Wildman–Crippen LogP) is 3.80. The van der Waals surface area contributed by atoms with Gasteiger partial charge in [0.05, 0.1) is 33.8 Å². The third-order valence-electron chi connectivity index (χ3n) is 4.82. The molecule has 3 rings (SSSR count). The average Bonchev–Trinajstić information content (AvgIpc) is 3.20. The molecule has 0 unspecified atom stereocenters. The van der Waals surface area contributed by atoms with Gasteiger partial charge in [0.25, 0.3) is 0 Å². The lowest BCUT2D eigenvalue weighted by Gasteiger charge is -2.18. The summed E-state index contributed by atoms with van der Waals surface area (Å²) in [5.41, 5.74) is 1.57. The van der Waals surface area contributed by atoms with Gasteiger partial charge in [-0.05, 0) is 49.4 Å². The number of aromatic nitrogens is 1. The molecule has 0 amide bonds. The Morgan fingerprint density at radius 3 is 2.31 bits per heavy atom. The van der Waals surface area contributed by atoms with Crippen LogP contribution in [0.4, 0.5) is 5.13 Å². The maximum Gasteiger partial charge on any atom is 0.338 e. The van der Waals surface area contributed by atoms with Crippen LogP contribution in [0.2, 0.25) is 0 Å². The van der Waals surface area contributed by atoms with Gasteiger partial charge in [-0.15, -0.1) is 0 Å². The number of ether oxygens (including phenoxy) is 1. The Hall–Kier alpha value is -2.82. The molecule has 0 saturated heterocycles. The fourth-order valence-electron chi connectivity index (χ4n) is 3.12. The Bertz CT molecular complexity index is 1220. The van der Waals surface area contributed by atoms with Gasteiger partial charge >= 0.3 is 5.97 Å². The molecule has 1 aromatic heterocycles. The summed E-state index contributed by atoms with van der Waals surface area (Å²) < 4.78 is 32.3. The van der Waals surface area contributed by atoms with Crippen molar-refractivity contribution < 1.29 is 22.7 Å². The van der Waals surface area contributed by atoms with Gasteiger partial charge in [0.1, 0.15) is 0 Å². The number of rotatable bonds is 10. The number of hydrogen-bond donors (Lipinski definition) is 1. The molecule has 0 fully saturated rings. The number of esters is 1. The zero-order valence-electron chi connectivity index (χ0n) is 18.1. The first-order valence-corrected chi connectivity index (χ1v) is 12.5. The first-order valence-electron chi connectivity index (χ1n) is 10.2. The highest BCUT2D eigenvalue weighted by molar-refractivity contribution is 7.89. The molecule has 1 heterocycles. The largest absolute Gasteiger partial charge is 0.462 e. The molecule has 32 heavy (non-hydrogen) atoms. The first-order chi connectivity index (χ1) is 15.3. The van der Waals surface area contributed by atoms with Crippen LogP contribution < -0.4 is 5.32 Å². The van der Waals surface area contributed by atoms with Gasteiger partial charge in [-0.3, -0.25) is 4.79 Å². The summed E-state index contributed by atoms with van der Waals surface area (Å²) in [6.07, 6.45) is 0. The number of fused-ring (bicyclic) bond motifs is 1. The molecule has 170 valence electrons. The second-order valence-electron chi connectivity index (χ2n) is 6.81. The lowest BCUT2D eigenvalue weighted by Crippen LogP contribution is -2.30. The van der Waals surface area contributed by atoms with Gasteiger partial charge in [0.2, 0.25) is 10.0 Å². The number of Topliss-reactive ketones (excluding diaryl/α,β-unsaturated/α-hetero) is 1. The zero-order chi connectivity index (χ0) is 23.3. The van der Waals surface area contributed by atoms with E-state index in [1.165, 1.54) is 39.9 Å². The number of ketones is 1. The minimum atomic E-state index is -3.56. The number of benzene rings is 2. The van der Waals surface area contributed by atoms with Crippen LogP contribution in [0, 0.1) is 0 Å². The van der Waals surface area contributed by atoms with Crippen LogP contribution in [0.3, 0.4) is 0 Å². The van der Waals surface area contributed by atoms with Crippen LogP contribution in [0.1, 0.15) is 41.5 Å². The molecule has 0 aliphatic rings. The van der Waals surface area contributed by atoms with Crippen molar-refractivity contribution in [1.29, 1.82) is 0 Å². The lowest BCUT2D eigenvalue weighted by atomic mass is 10.1. The molecule has 0 aliphatic carbocycles. The number of nitrogens with one attached hydrogen (secondary N) is 1. The minimum Gasteiger partial charge on any atom is -0.462 e. The summed E-state index contributed by atoms with van der Waals surface area (Å²) in [4.78, 5) is 29.0. The standard InChI is InChI=1S/C22H25N3O5S2/c1-4-25(5-2)32(28,29)17-10-7-15(8-11-17)19(26)14-23-22-24-18-12-9-16(13-20(18)31-22)21(27)30-6-3/h7-13H,4-6,14H2,1-3H3,(H,23,24). The van der Waals surface area contributed by atoms with Gasteiger partial charge < -0.3 is 10.1 Å². The maximum atomic E-state index is 12.6. The minimum absolute atomic E-state index is 0.00664. The van der Waals surface area contributed by atoms with Crippen LogP contribution in [0.15, 0.2) is 47.4 Å². The topological polar surface area (TPSA) is 106 Å². The number of anilines is 1. The maximum absolute atomic E-state index is 12.6. The molecule has 0 bridgehead atoms. The van der Waals surface area contributed by atoms with Gasteiger partial charge in [-0.25, -0.2) is 18.2 Å². The Labute approximate surface area is 191 Å². The number of nitrogens with zero attached hydrogens (tertiary/aromatic N) is 2. The third kappa shape index (κ3) is 5.14. The van der Waals surface area contributed by atoms with Crippen molar-refractivity contribution in [1.82, 2.24) is 9.29 Å².